The van der Waals surface area contributed by atoms with Gasteiger partial charge in [-0.25, -0.2) is 13.4 Å². The van der Waals surface area contributed by atoms with Crippen molar-refractivity contribution < 1.29 is 23.4 Å². The standard InChI is InChI=1S/C18H20N2O5S2/c21-15-6-4-13(10-16(15)22)17(23)12-26-18-7-5-14(11-19-18)27(24,25)20-8-2-1-3-9-20/h4-7,10-11,21-22H,1-3,8-9,12H2. The van der Waals surface area contributed by atoms with E-state index in [1.807, 2.05) is 0 Å². The Labute approximate surface area is 162 Å². The Morgan fingerprint density at radius 2 is 1.81 bits per heavy atom. The Hall–Kier alpha value is -2.10. The van der Waals surface area contributed by atoms with Gasteiger partial charge in [-0.2, -0.15) is 4.31 Å². The number of nitrogens with zero attached hydrogens (tertiary/aromatic N) is 2. The first kappa shape index (κ1) is 19.7. The summed E-state index contributed by atoms with van der Waals surface area (Å²) in [6.45, 7) is 1.07. The van der Waals surface area contributed by atoms with Crippen molar-refractivity contribution in [2.24, 2.45) is 0 Å². The summed E-state index contributed by atoms with van der Waals surface area (Å²) in [4.78, 5) is 16.5. The minimum absolute atomic E-state index is 0.0788. The number of phenols is 2. The number of phenolic OH excluding ortho intramolecular Hbond substituents is 2. The molecule has 1 aliphatic heterocycles. The molecule has 1 fully saturated rings. The molecule has 0 spiro atoms. The van der Waals surface area contributed by atoms with Gasteiger partial charge < -0.3 is 10.2 Å². The lowest BCUT2D eigenvalue weighted by Crippen LogP contribution is -2.35. The summed E-state index contributed by atoms with van der Waals surface area (Å²) < 4.78 is 26.7. The lowest BCUT2D eigenvalue weighted by atomic mass is 10.1. The predicted molar refractivity (Wildman–Crippen MR) is 102 cm³/mol. The molecule has 9 heteroatoms. The first-order valence-electron chi connectivity index (χ1n) is 8.52. The molecule has 0 amide bonds. The summed E-state index contributed by atoms with van der Waals surface area (Å²) in [5.41, 5.74) is 0.280. The molecule has 0 saturated carbocycles. The molecule has 3 rings (SSSR count). The summed E-state index contributed by atoms with van der Waals surface area (Å²) in [6, 6.07) is 6.99. The van der Waals surface area contributed by atoms with Crippen LogP contribution in [0.25, 0.3) is 0 Å². The smallest absolute Gasteiger partial charge is 0.244 e. The zero-order chi connectivity index (χ0) is 19.4. The Morgan fingerprint density at radius 3 is 2.44 bits per heavy atom. The molecule has 0 bridgehead atoms. The zero-order valence-corrected chi connectivity index (χ0v) is 16.2. The van der Waals surface area contributed by atoms with E-state index < -0.39 is 10.0 Å². The van der Waals surface area contributed by atoms with Crippen LogP contribution in [0.5, 0.6) is 11.5 Å². The highest BCUT2D eigenvalue weighted by Gasteiger charge is 2.26. The predicted octanol–water partition coefficient (Wildman–Crippen LogP) is 2.64. The average molecular weight is 409 g/mol. The van der Waals surface area contributed by atoms with Gasteiger partial charge in [-0.05, 0) is 43.2 Å². The van der Waals surface area contributed by atoms with Crippen molar-refractivity contribution in [3.63, 3.8) is 0 Å². The number of benzene rings is 1. The molecule has 2 aromatic rings. The summed E-state index contributed by atoms with van der Waals surface area (Å²) in [5, 5.41) is 19.3. The van der Waals surface area contributed by atoms with Gasteiger partial charge in [0.25, 0.3) is 0 Å². The molecule has 1 aliphatic rings. The van der Waals surface area contributed by atoms with Crippen molar-refractivity contribution >= 4 is 27.6 Å². The summed E-state index contributed by atoms with van der Waals surface area (Å²) in [5.74, 6) is -0.792. The van der Waals surface area contributed by atoms with Crippen molar-refractivity contribution in [2.45, 2.75) is 29.2 Å². The highest BCUT2D eigenvalue weighted by molar-refractivity contribution is 7.99. The fourth-order valence-electron chi connectivity index (χ4n) is 2.78. The maximum Gasteiger partial charge on any atom is 0.244 e. The molecule has 27 heavy (non-hydrogen) atoms. The van der Waals surface area contributed by atoms with E-state index in [0.717, 1.165) is 19.3 Å². The number of hydrogen-bond donors (Lipinski definition) is 2. The number of aromatic hydroxyl groups is 2. The van der Waals surface area contributed by atoms with Gasteiger partial charge in [0.1, 0.15) is 4.90 Å². The van der Waals surface area contributed by atoms with E-state index in [4.69, 9.17) is 0 Å². The molecule has 7 nitrogen and oxygen atoms in total. The van der Waals surface area contributed by atoms with E-state index in [-0.39, 0.29) is 33.5 Å². The molecule has 144 valence electrons. The van der Waals surface area contributed by atoms with Crippen molar-refractivity contribution in [3.05, 3.63) is 42.1 Å². The van der Waals surface area contributed by atoms with Crippen LogP contribution in [0.1, 0.15) is 29.6 Å². The number of carbonyl (C=O) groups is 1. The molecule has 2 N–H and O–H groups in total. The van der Waals surface area contributed by atoms with Crippen LogP contribution < -0.4 is 0 Å². The topological polar surface area (TPSA) is 108 Å². The number of pyridine rings is 1. The van der Waals surface area contributed by atoms with Gasteiger partial charge in [-0.15, -0.1) is 0 Å². The number of ketones is 1. The maximum atomic E-state index is 12.6. The Balaban J connectivity index is 1.63. The van der Waals surface area contributed by atoms with Crippen LogP contribution in [0, 0.1) is 0 Å². The molecule has 2 heterocycles. The van der Waals surface area contributed by atoms with Crippen LogP contribution in [0.4, 0.5) is 0 Å². The van der Waals surface area contributed by atoms with E-state index in [0.29, 0.717) is 18.1 Å². The van der Waals surface area contributed by atoms with Gasteiger partial charge >= 0.3 is 0 Å². The first-order chi connectivity index (χ1) is 12.9. The average Bonchev–Trinajstić information content (AvgIpc) is 2.69. The molecule has 0 radical (unpaired) electrons. The number of sulfonamides is 1. The van der Waals surface area contributed by atoms with Crippen LogP contribution in [0.3, 0.4) is 0 Å². The number of aromatic nitrogens is 1. The third-order valence-electron chi connectivity index (χ3n) is 4.31. The van der Waals surface area contributed by atoms with Gasteiger partial charge in [0.05, 0.1) is 10.8 Å². The normalized spacial score (nSPS) is 15.6. The molecule has 0 atom stereocenters. The van der Waals surface area contributed by atoms with E-state index in [2.05, 4.69) is 4.98 Å². The third kappa shape index (κ3) is 4.60. The number of carbonyl (C=O) groups excluding carboxylic acids is 1. The van der Waals surface area contributed by atoms with Gasteiger partial charge in [-0.1, -0.05) is 18.2 Å². The summed E-state index contributed by atoms with van der Waals surface area (Å²) in [6.07, 6.45) is 4.11. The lowest BCUT2D eigenvalue weighted by molar-refractivity contribution is 0.102. The number of hydrogen-bond acceptors (Lipinski definition) is 7. The minimum atomic E-state index is -3.52. The summed E-state index contributed by atoms with van der Waals surface area (Å²) >= 11 is 1.18. The van der Waals surface area contributed by atoms with E-state index >= 15 is 0 Å². The quantitative estimate of drug-likeness (QED) is 0.430. The molecule has 0 aliphatic carbocycles. The highest BCUT2D eigenvalue weighted by atomic mass is 32.2. The van der Waals surface area contributed by atoms with Gasteiger partial charge in [-0.3, -0.25) is 4.79 Å². The minimum Gasteiger partial charge on any atom is -0.504 e. The van der Waals surface area contributed by atoms with E-state index in [1.165, 1.54) is 46.5 Å². The van der Waals surface area contributed by atoms with Crippen molar-refractivity contribution in [3.8, 4) is 11.5 Å². The molecular formula is C18H20N2O5S2. The van der Waals surface area contributed by atoms with Crippen LogP contribution in [0.15, 0.2) is 46.5 Å². The number of Topliss-reactive ketones (excluding diaryl/α,β-unsaturated/α-hetero) is 1. The van der Waals surface area contributed by atoms with Gasteiger partial charge in [0.15, 0.2) is 17.3 Å². The highest BCUT2D eigenvalue weighted by Crippen LogP contribution is 2.27. The van der Waals surface area contributed by atoms with Crippen molar-refractivity contribution in [1.29, 1.82) is 0 Å². The second kappa shape index (κ2) is 8.28. The second-order valence-corrected chi connectivity index (χ2v) is 9.15. The lowest BCUT2D eigenvalue weighted by Gasteiger charge is -2.25. The molecule has 1 saturated heterocycles. The first-order valence-corrected chi connectivity index (χ1v) is 10.9. The van der Waals surface area contributed by atoms with Gasteiger partial charge in [0, 0.05) is 24.8 Å². The van der Waals surface area contributed by atoms with Crippen LogP contribution in [-0.4, -0.2) is 52.5 Å². The maximum absolute atomic E-state index is 12.6. The number of thioether (sulfide) groups is 1. The SMILES string of the molecule is O=C(CSc1ccc(S(=O)(=O)N2CCCCC2)cn1)c1ccc(O)c(O)c1. The van der Waals surface area contributed by atoms with E-state index in [9.17, 15) is 23.4 Å². The summed E-state index contributed by atoms with van der Waals surface area (Å²) in [7, 11) is -3.52. The van der Waals surface area contributed by atoms with Crippen LogP contribution in [0.2, 0.25) is 0 Å². The van der Waals surface area contributed by atoms with Crippen molar-refractivity contribution in [1.82, 2.24) is 9.29 Å². The third-order valence-corrected chi connectivity index (χ3v) is 7.14. The van der Waals surface area contributed by atoms with Crippen molar-refractivity contribution in [2.75, 3.05) is 18.8 Å². The van der Waals surface area contributed by atoms with Crippen LogP contribution in [-0.2, 0) is 10.0 Å². The fraction of sp³-hybridized carbons (Fsp3) is 0.333. The largest absolute Gasteiger partial charge is 0.504 e. The zero-order valence-electron chi connectivity index (χ0n) is 14.5. The Morgan fingerprint density at radius 1 is 1.07 bits per heavy atom. The van der Waals surface area contributed by atoms with Gasteiger partial charge in [0.2, 0.25) is 10.0 Å². The molecule has 0 unspecified atom stereocenters. The van der Waals surface area contributed by atoms with E-state index in [1.54, 1.807) is 6.07 Å². The monoisotopic (exact) mass is 408 g/mol. The number of rotatable bonds is 6. The number of piperidine rings is 1. The Kier molecular flexibility index (Phi) is 6.03. The molecular weight excluding hydrogens is 388 g/mol. The molecule has 1 aromatic heterocycles. The Bertz CT molecular complexity index is 923. The molecule has 1 aromatic carbocycles. The fourth-order valence-corrected chi connectivity index (χ4v) is 4.98. The second-order valence-electron chi connectivity index (χ2n) is 6.21. The van der Waals surface area contributed by atoms with Crippen LogP contribution >= 0.6 is 11.8 Å².